The van der Waals surface area contributed by atoms with Gasteiger partial charge in [-0.15, -0.1) is 0 Å². The lowest BCUT2D eigenvalue weighted by atomic mass is 9.78. The number of nitrogens with zero attached hydrogens (tertiary/aromatic N) is 1. The minimum absolute atomic E-state index is 0.110. The summed E-state index contributed by atoms with van der Waals surface area (Å²) in [5.41, 5.74) is 0. The van der Waals surface area contributed by atoms with E-state index < -0.39 is 6.09 Å². The van der Waals surface area contributed by atoms with Crippen LogP contribution in [0.5, 0.6) is 0 Å². The van der Waals surface area contributed by atoms with Gasteiger partial charge in [-0.1, -0.05) is 0 Å². The van der Waals surface area contributed by atoms with Crippen LogP contribution in [-0.4, -0.2) is 34.5 Å². The highest BCUT2D eigenvalue weighted by Gasteiger charge is 2.37. The van der Waals surface area contributed by atoms with Gasteiger partial charge < -0.3 is 10.0 Å². The van der Waals surface area contributed by atoms with Gasteiger partial charge in [-0.2, -0.15) is 0 Å². The molecule has 0 aromatic heterocycles. The predicted molar refractivity (Wildman–Crippen MR) is 50.1 cm³/mol. The summed E-state index contributed by atoms with van der Waals surface area (Å²) in [6.07, 6.45) is 2.98. The molecule has 1 N–H and O–H groups in total. The molecule has 78 valence electrons. The summed E-state index contributed by atoms with van der Waals surface area (Å²) in [7, 11) is 0. The molecular weight excluding hydrogens is 182 g/mol. The number of carbonyl (C=O) groups excluding carboxylic acids is 1. The summed E-state index contributed by atoms with van der Waals surface area (Å²) in [4.78, 5) is 23.7. The number of rotatable bonds is 0. The van der Waals surface area contributed by atoms with Gasteiger partial charge in [0.2, 0.25) is 0 Å². The van der Waals surface area contributed by atoms with Crippen LogP contribution in [0.15, 0.2) is 0 Å². The first kappa shape index (κ1) is 9.49. The zero-order chi connectivity index (χ0) is 10.1. The molecule has 1 heterocycles. The smallest absolute Gasteiger partial charge is 0.407 e. The molecule has 2 aliphatic rings. The van der Waals surface area contributed by atoms with Crippen LogP contribution >= 0.6 is 0 Å². The van der Waals surface area contributed by atoms with Gasteiger partial charge in [0.05, 0.1) is 0 Å². The number of fused-ring (bicyclic) bond motifs is 1. The fraction of sp³-hybridized carbons (Fsp3) is 0.800. The van der Waals surface area contributed by atoms with E-state index in [1.807, 2.05) is 0 Å². The van der Waals surface area contributed by atoms with Crippen LogP contribution in [0.1, 0.15) is 32.1 Å². The standard InChI is InChI=1S/C10H15NO3/c12-8-3-4-9-7(6-8)2-1-5-11(9)10(13)14/h7,9H,1-6H2,(H,13,14). The molecule has 0 radical (unpaired) electrons. The average molecular weight is 197 g/mol. The average Bonchev–Trinajstić information content (AvgIpc) is 2.16. The number of carbonyl (C=O) groups is 2. The number of ketones is 1. The van der Waals surface area contributed by atoms with Crippen molar-refractivity contribution in [2.45, 2.75) is 38.1 Å². The Balaban J connectivity index is 2.09. The minimum atomic E-state index is -0.825. The topological polar surface area (TPSA) is 57.6 Å². The molecule has 14 heavy (non-hydrogen) atoms. The molecule has 1 aliphatic heterocycles. The number of hydrogen-bond donors (Lipinski definition) is 1. The van der Waals surface area contributed by atoms with E-state index in [1.165, 1.54) is 4.90 Å². The Kier molecular flexibility index (Phi) is 2.44. The Hall–Kier alpha value is -1.06. The Morgan fingerprint density at radius 2 is 2.21 bits per heavy atom. The van der Waals surface area contributed by atoms with E-state index in [0.29, 0.717) is 31.1 Å². The molecule has 2 fully saturated rings. The molecule has 1 saturated carbocycles. The molecule has 0 aromatic carbocycles. The highest BCUT2D eigenvalue weighted by molar-refractivity contribution is 5.80. The molecule has 1 saturated heterocycles. The van der Waals surface area contributed by atoms with Gasteiger partial charge in [0.25, 0.3) is 0 Å². The molecule has 4 heteroatoms. The van der Waals surface area contributed by atoms with E-state index in [0.717, 1.165) is 19.3 Å². The second-order valence-corrected chi connectivity index (χ2v) is 4.23. The maximum atomic E-state index is 11.2. The quantitative estimate of drug-likeness (QED) is 0.640. The molecule has 2 atom stereocenters. The Bertz CT molecular complexity index is 264. The summed E-state index contributed by atoms with van der Waals surface area (Å²) in [5.74, 6) is 0.597. The summed E-state index contributed by atoms with van der Waals surface area (Å²) < 4.78 is 0. The Morgan fingerprint density at radius 3 is 2.93 bits per heavy atom. The van der Waals surface area contributed by atoms with Crippen molar-refractivity contribution in [3.63, 3.8) is 0 Å². The molecule has 1 aliphatic carbocycles. The third kappa shape index (κ3) is 1.61. The molecule has 0 spiro atoms. The van der Waals surface area contributed by atoms with Crippen molar-refractivity contribution in [2.75, 3.05) is 6.54 Å². The lowest BCUT2D eigenvalue weighted by Gasteiger charge is -2.42. The van der Waals surface area contributed by atoms with E-state index in [2.05, 4.69) is 0 Å². The van der Waals surface area contributed by atoms with E-state index in [1.54, 1.807) is 0 Å². The Morgan fingerprint density at radius 1 is 1.43 bits per heavy atom. The summed E-state index contributed by atoms with van der Waals surface area (Å²) in [6.45, 7) is 0.644. The van der Waals surface area contributed by atoms with Crippen molar-refractivity contribution in [3.8, 4) is 0 Å². The predicted octanol–water partition coefficient (Wildman–Crippen LogP) is 1.50. The number of piperidine rings is 1. The first-order valence-electron chi connectivity index (χ1n) is 5.20. The largest absolute Gasteiger partial charge is 0.465 e. The van der Waals surface area contributed by atoms with Gasteiger partial charge in [-0.05, 0) is 25.2 Å². The summed E-state index contributed by atoms with van der Waals surface area (Å²) in [5, 5.41) is 8.98. The van der Waals surface area contributed by atoms with Gasteiger partial charge in [0, 0.05) is 25.4 Å². The zero-order valence-electron chi connectivity index (χ0n) is 8.11. The van der Waals surface area contributed by atoms with E-state index in [-0.39, 0.29) is 6.04 Å². The van der Waals surface area contributed by atoms with Crippen molar-refractivity contribution in [3.05, 3.63) is 0 Å². The van der Waals surface area contributed by atoms with E-state index >= 15 is 0 Å². The maximum absolute atomic E-state index is 11.2. The third-order valence-corrected chi connectivity index (χ3v) is 3.37. The fourth-order valence-corrected chi connectivity index (χ4v) is 2.71. The van der Waals surface area contributed by atoms with Gasteiger partial charge >= 0.3 is 6.09 Å². The van der Waals surface area contributed by atoms with Crippen molar-refractivity contribution in [1.29, 1.82) is 0 Å². The van der Waals surface area contributed by atoms with Gasteiger partial charge in [0.15, 0.2) is 0 Å². The number of hydrogen-bond acceptors (Lipinski definition) is 2. The summed E-state index contributed by atoms with van der Waals surface area (Å²) in [6, 6.07) is 0.110. The van der Waals surface area contributed by atoms with Crippen molar-refractivity contribution < 1.29 is 14.7 Å². The molecule has 1 amide bonds. The number of likely N-dealkylation sites (tertiary alicyclic amines) is 1. The van der Waals surface area contributed by atoms with Crippen molar-refractivity contribution in [1.82, 2.24) is 4.90 Å². The van der Waals surface area contributed by atoms with E-state index in [9.17, 15) is 9.59 Å². The lowest BCUT2D eigenvalue weighted by Crippen LogP contribution is -2.50. The monoisotopic (exact) mass is 197 g/mol. The first-order valence-corrected chi connectivity index (χ1v) is 5.20. The molecule has 4 nitrogen and oxygen atoms in total. The van der Waals surface area contributed by atoms with Crippen LogP contribution in [0.4, 0.5) is 4.79 Å². The van der Waals surface area contributed by atoms with Crippen LogP contribution in [0.2, 0.25) is 0 Å². The highest BCUT2D eigenvalue weighted by atomic mass is 16.4. The third-order valence-electron chi connectivity index (χ3n) is 3.37. The minimum Gasteiger partial charge on any atom is -0.465 e. The second-order valence-electron chi connectivity index (χ2n) is 4.23. The lowest BCUT2D eigenvalue weighted by molar-refractivity contribution is -0.123. The number of carboxylic acid groups (broad SMARTS) is 1. The molecular formula is C10H15NO3. The van der Waals surface area contributed by atoms with Crippen LogP contribution in [0, 0.1) is 5.92 Å². The SMILES string of the molecule is O=C1CCC2C(CCCN2C(=O)O)C1. The van der Waals surface area contributed by atoms with Gasteiger partial charge in [-0.3, -0.25) is 4.79 Å². The molecule has 2 unspecified atom stereocenters. The molecule has 2 rings (SSSR count). The normalized spacial score (nSPS) is 32.6. The Labute approximate surface area is 82.9 Å². The van der Waals surface area contributed by atoms with Crippen LogP contribution < -0.4 is 0 Å². The highest BCUT2D eigenvalue weighted by Crippen LogP contribution is 2.33. The van der Waals surface area contributed by atoms with Crippen LogP contribution in [-0.2, 0) is 4.79 Å². The second kappa shape index (κ2) is 3.59. The van der Waals surface area contributed by atoms with Crippen LogP contribution in [0.25, 0.3) is 0 Å². The van der Waals surface area contributed by atoms with Crippen molar-refractivity contribution >= 4 is 11.9 Å². The first-order chi connectivity index (χ1) is 6.68. The molecule has 0 aromatic rings. The summed E-state index contributed by atoms with van der Waals surface area (Å²) >= 11 is 0. The fourth-order valence-electron chi connectivity index (χ4n) is 2.71. The molecule has 0 bridgehead atoms. The number of amides is 1. The van der Waals surface area contributed by atoms with Crippen LogP contribution in [0.3, 0.4) is 0 Å². The van der Waals surface area contributed by atoms with E-state index in [4.69, 9.17) is 5.11 Å². The van der Waals surface area contributed by atoms with Crippen molar-refractivity contribution in [2.24, 2.45) is 5.92 Å². The number of Topliss-reactive ketones (excluding diaryl/α,β-unsaturated/α-hetero) is 1. The maximum Gasteiger partial charge on any atom is 0.407 e. The zero-order valence-corrected chi connectivity index (χ0v) is 8.11. The van der Waals surface area contributed by atoms with Gasteiger partial charge in [-0.25, -0.2) is 4.79 Å². The van der Waals surface area contributed by atoms with Gasteiger partial charge in [0.1, 0.15) is 5.78 Å².